The van der Waals surface area contributed by atoms with Gasteiger partial charge in [-0.3, -0.25) is 14.5 Å². The lowest BCUT2D eigenvalue weighted by atomic mass is 9.98. The zero-order valence-electron chi connectivity index (χ0n) is 13.8. The number of carbonyl (C=O) groups excluding carboxylic acids is 1. The van der Waals surface area contributed by atoms with Crippen LogP contribution >= 0.6 is 11.6 Å². The Bertz CT molecular complexity index is 679. The number of rotatable bonds is 4. The SMILES string of the molecule is O=C(N[C@@H]1CN(C2CCCC2)C[C@H]1C1CC1)c1c[nH]c(=O)c(Cl)c1. The lowest BCUT2D eigenvalue weighted by molar-refractivity contribution is 0.0927. The number of hydrogen-bond donors (Lipinski definition) is 2. The minimum absolute atomic E-state index is 0.0559. The van der Waals surface area contributed by atoms with E-state index in [-0.39, 0.29) is 22.5 Å². The van der Waals surface area contributed by atoms with E-state index in [1.54, 1.807) is 0 Å². The van der Waals surface area contributed by atoms with Gasteiger partial charge < -0.3 is 10.3 Å². The smallest absolute Gasteiger partial charge is 0.266 e. The van der Waals surface area contributed by atoms with Gasteiger partial charge in [-0.2, -0.15) is 0 Å². The third-order valence-electron chi connectivity index (χ3n) is 5.90. The second-order valence-corrected chi connectivity index (χ2v) is 7.95. The van der Waals surface area contributed by atoms with Crippen LogP contribution in [0.2, 0.25) is 5.02 Å². The number of nitrogens with one attached hydrogen (secondary N) is 2. The summed E-state index contributed by atoms with van der Waals surface area (Å²) in [4.78, 5) is 29.0. The van der Waals surface area contributed by atoms with Crippen molar-refractivity contribution in [2.45, 2.75) is 50.6 Å². The minimum atomic E-state index is -0.364. The molecule has 1 amide bonds. The van der Waals surface area contributed by atoms with Gasteiger partial charge in [0.25, 0.3) is 11.5 Å². The van der Waals surface area contributed by atoms with E-state index < -0.39 is 0 Å². The van der Waals surface area contributed by atoms with Gasteiger partial charge in [-0.15, -0.1) is 0 Å². The zero-order chi connectivity index (χ0) is 16.7. The van der Waals surface area contributed by atoms with E-state index >= 15 is 0 Å². The number of H-pyrrole nitrogens is 1. The Hall–Kier alpha value is -1.33. The highest BCUT2D eigenvalue weighted by atomic mass is 35.5. The number of carbonyl (C=O) groups is 1. The summed E-state index contributed by atoms with van der Waals surface area (Å²) in [5.74, 6) is 1.19. The van der Waals surface area contributed by atoms with Gasteiger partial charge in [0.05, 0.1) is 5.56 Å². The first-order valence-corrected chi connectivity index (χ1v) is 9.43. The number of aromatic nitrogens is 1. The molecule has 0 spiro atoms. The number of pyridine rings is 1. The highest BCUT2D eigenvalue weighted by Gasteiger charge is 2.44. The Morgan fingerprint density at radius 3 is 2.62 bits per heavy atom. The average molecular weight is 350 g/mol. The molecule has 3 aliphatic rings. The van der Waals surface area contributed by atoms with E-state index in [2.05, 4.69) is 15.2 Å². The fraction of sp³-hybridized carbons (Fsp3) is 0.667. The van der Waals surface area contributed by atoms with E-state index in [1.165, 1.54) is 50.8 Å². The van der Waals surface area contributed by atoms with Crippen molar-refractivity contribution in [2.75, 3.05) is 13.1 Å². The minimum Gasteiger partial charge on any atom is -0.348 e. The molecule has 4 rings (SSSR count). The molecule has 1 saturated heterocycles. The predicted octanol–water partition coefficient (Wildman–Crippen LogP) is 2.41. The van der Waals surface area contributed by atoms with E-state index in [9.17, 15) is 9.59 Å². The summed E-state index contributed by atoms with van der Waals surface area (Å²) < 4.78 is 0. The highest BCUT2D eigenvalue weighted by Crippen LogP contribution is 2.43. The topological polar surface area (TPSA) is 65.2 Å². The molecule has 0 radical (unpaired) electrons. The molecule has 0 bridgehead atoms. The molecule has 2 atom stereocenters. The molecule has 2 N–H and O–H groups in total. The van der Waals surface area contributed by atoms with Gasteiger partial charge in [-0.05, 0) is 43.6 Å². The van der Waals surface area contributed by atoms with Crippen LogP contribution in [-0.4, -0.2) is 41.0 Å². The van der Waals surface area contributed by atoms with Crippen molar-refractivity contribution < 1.29 is 4.79 Å². The van der Waals surface area contributed by atoms with E-state index in [4.69, 9.17) is 11.6 Å². The molecular weight excluding hydrogens is 326 g/mol. The first-order valence-electron chi connectivity index (χ1n) is 9.05. The van der Waals surface area contributed by atoms with Gasteiger partial charge in [-0.1, -0.05) is 24.4 Å². The Balaban J connectivity index is 1.46. The maximum Gasteiger partial charge on any atom is 0.266 e. The Morgan fingerprint density at radius 2 is 1.96 bits per heavy atom. The Kier molecular flexibility index (Phi) is 4.39. The fourth-order valence-electron chi connectivity index (χ4n) is 4.42. The van der Waals surface area contributed by atoms with Crippen LogP contribution in [0.3, 0.4) is 0 Å². The fourth-order valence-corrected chi connectivity index (χ4v) is 4.59. The molecule has 2 saturated carbocycles. The molecule has 0 unspecified atom stereocenters. The zero-order valence-corrected chi connectivity index (χ0v) is 14.5. The van der Waals surface area contributed by atoms with E-state index in [0.717, 1.165) is 19.0 Å². The summed E-state index contributed by atoms with van der Waals surface area (Å²) >= 11 is 5.84. The van der Waals surface area contributed by atoms with Crippen molar-refractivity contribution in [3.05, 3.63) is 33.2 Å². The first kappa shape index (κ1) is 16.2. The summed E-state index contributed by atoms with van der Waals surface area (Å²) in [6.45, 7) is 2.07. The van der Waals surface area contributed by atoms with Crippen molar-refractivity contribution >= 4 is 17.5 Å². The third kappa shape index (κ3) is 3.24. The number of amides is 1. The lowest BCUT2D eigenvalue weighted by Gasteiger charge is -2.23. The molecule has 1 aromatic rings. The van der Waals surface area contributed by atoms with Crippen LogP contribution in [0.15, 0.2) is 17.1 Å². The molecule has 3 fully saturated rings. The number of likely N-dealkylation sites (tertiary alicyclic amines) is 1. The van der Waals surface area contributed by atoms with Crippen LogP contribution in [0.25, 0.3) is 0 Å². The van der Waals surface area contributed by atoms with Gasteiger partial charge in [0.1, 0.15) is 5.02 Å². The quantitative estimate of drug-likeness (QED) is 0.877. The van der Waals surface area contributed by atoms with Gasteiger partial charge in [0.15, 0.2) is 0 Å². The average Bonchev–Trinajstić information content (AvgIpc) is 3.10. The lowest BCUT2D eigenvalue weighted by Crippen LogP contribution is -2.42. The summed E-state index contributed by atoms with van der Waals surface area (Å²) in [7, 11) is 0. The summed E-state index contributed by atoms with van der Waals surface area (Å²) in [6.07, 6.45) is 9.30. The normalized spacial score (nSPS) is 28.4. The van der Waals surface area contributed by atoms with Crippen LogP contribution < -0.4 is 10.9 Å². The second-order valence-electron chi connectivity index (χ2n) is 7.54. The van der Waals surface area contributed by atoms with E-state index in [0.29, 0.717) is 17.5 Å². The van der Waals surface area contributed by atoms with Gasteiger partial charge in [-0.25, -0.2) is 0 Å². The molecule has 2 aliphatic carbocycles. The van der Waals surface area contributed by atoms with Crippen LogP contribution in [0.1, 0.15) is 48.9 Å². The monoisotopic (exact) mass is 349 g/mol. The van der Waals surface area contributed by atoms with Gasteiger partial charge in [0, 0.05) is 31.4 Å². The predicted molar refractivity (Wildman–Crippen MR) is 93.4 cm³/mol. The molecule has 1 aromatic heterocycles. The number of halogens is 1. The Morgan fingerprint density at radius 1 is 1.21 bits per heavy atom. The standard InChI is InChI=1S/C18H24ClN3O2/c19-15-7-12(8-20-18(15)24)17(23)21-16-10-22(13-3-1-2-4-13)9-14(16)11-5-6-11/h7-8,11,13-14,16H,1-6,9-10H2,(H,20,24)(H,21,23)/t14-,16+/m0/s1. The second kappa shape index (κ2) is 6.52. The largest absolute Gasteiger partial charge is 0.348 e. The summed E-state index contributed by atoms with van der Waals surface area (Å²) in [5.41, 5.74) is 0.0609. The molecule has 24 heavy (non-hydrogen) atoms. The van der Waals surface area contributed by atoms with Crippen molar-refractivity contribution in [1.82, 2.24) is 15.2 Å². The van der Waals surface area contributed by atoms with Crippen molar-refractivity contribution in [1.29, 1.82) is 0 Å². The van der Waals surface area contributed by atoms with Crippen LogP contribution in [0, 0.1) is 11.8 Å². The van der Waals surface area contributed by atoms with Crippen LogP contribution in [0.4, 0.5) is 0 Å². The molecule has 6 heteroatoms. The Labute approximate surface area is 146 Å². The maximum absolute atomic E-state index is 12.6. The molecule has 5 nitrogen and oxygen atoms in total. The third-order valence-corrected chi connectivity index (χ3v) is 6.18. The van der Waals surface area contributed by atoms with Crippen molar-refractivity contribution in [3.8, 4) is 0 Å². The first-order chi connectivity index (χ1) is 11.6. The highest BCUT2D eigenvalue weighted by molar-refractivity contribution is 6.30. The molecule has 1 aliphatic heterocycles. The maximum atomic E-state index is 12.6. The summed E-state index contributed by atoms with van der Waals surface area (Å²) in [5, 5.41) is 3.26. The van der Waals surface area contributed by atoms with Gasteiger partial charge in [0.2, 0.25) is 0 Å². The van der Waals surface area contributed by atoms with Crippen molar-refractivity contribution in [3.63, 3.8) is 0 Å². The van der Waals surface area contributed by atoms with Gasteiger partial charge >= 0.3 is 0 Å². The van der Waals surface area contributed by atoms with Crippen LogP contribution in [-0.2, 0) is 0 Å². The summed E-state index contributed by atoms with van der Waals surface area (Å²) in [6, 6.07) is 2.36. The van der Waals surface area contributed by atoms with Crippen molar-refractivity contribution in [2.24, 2.45) is 11.8 Å². The molecule has 2 heterocycles. The van der Waals surface area contributed by atoms with E-state index in [1.807, 2.05) is 0 Å². The number of hydrogen-bond acceptors (Lipinski definition) is 3. The number of nitrogens with zero attached hydrogens (tertiary/aromatic N) is 1. The molecule has 130 valence electrons. The molecule has 0 aromatic carbocycles. The molecular formula is C18H24ClN3O2. The number of aromatic amines is 1. The van der Waals surface area contributed by atoms with Crippen LogP contribution in [0.5, 0.6) is 0 Å².